The summed E-state index contributed by atoms with van der Waals surface area (Å²) >= 11 is 0. The maximum Gasteiger partial charge on any atom is 0.423 e. The number of alkyl halides is 6. The van der Waals surface area contributed by atoms with Gasteiger partial charge in [0.25, 0.3) is 0 Å². The molecule has 1 N–H and O–H groups in total. The van der Waals surface area contributed by atoms with E-state index in [1.165, 1.54) is 18.5 Å². The van der Waals surface area contributed by atoms with Gasteiger partial charge < -0.3 is 9.84 Å². The van der Waals surface area contributed by atoms with Gasteiger partial charge in [0.05, 0.1) is 23.5 Å². The molecule has 0 aliphatic heterocycles. The van der Waals surface area contributed by atoms with E-state index in [2.05, 4.69) is 15.2 Å². The van der Waals surface area contributed by atoms with Crippen LogP contribution in [0.5, 0.6) is 6.01 Å². The normalized spacial score (nSPS) is 15.1. The molecule has 1 atom stereocenters. The number of ether oxygens (including phenoxy) is 1. The Hall–Kier alpha value is -3.17. The number of halogens is 6. The first-order valence-electron chi connectivity index (χ1n) is 7.98. The van der Waals surface area contributed by atoms with Crippen molar-refractivity contribution in [2.75, 3.05) is 6.61 Å². The maximum atomic E-state index is 13.3. The lowest BCUT2D eigenvalue weighted by atomic mass is 9.92. The summed E-state index contributed by atoms with van der Waals surface area (Å²) < 4.78 is 84.8. The SMILES string of the molecule is OC(COc1nccnn1)C1=CC(C(F)(F)F)=C=Cc2c1cccc2C(F)(F)F. The van der Waals surface area contributed by atoms with E-state index in [0.717, 1.165) is 12.1 Å². The zero-order chi connectivity index (χ0) is 21.2. The van der Waals surface area contributed by atoms with Crippen LogP contribution in [0.2, 0.25) is 0 Å². The van der Waals surface area contributed by atoms with E-state index >= 15 is 0 Å². The van der Waals surface area contributed by atoms with Crippen molar-refractivity contribution in [3.63, 3.8) is 0 Å². The fourth-order valence-corrected chi connectivity index (χ4v) is 2.63. The van der Waals surface area contributed by atoms with Crippen LogP contribution in [-0.4, -0.2) is 39.2 Å². The van der Waals surface area contributed by atoms with E-state index in [-0.39, 0.29) is 11.6 Å². The highest BCUT2D eigenvalue weighted by molar-refractivity contribution is 5.81. The van der Waals surface area contributed by atoms with Gasteiger partial charge in [-0.3, -0.25) is 0 Å². The Labute approximate surface area is 159 Å². The molecule has 152 valence electrons. The summed E-state index contributed by atoms with van der Waals surface area (Å²) in [5, 5.41) is 17.4. The molecule has 29 heavy (non-hydrogen) atoms. The lowest BCUT2D eigenvalue weighted by Crippen LogP contribution is -2.22. The molecule has 1 heterocycles. The summed E-state index contributed by atoms with van der Waals surface area (Å²) in [4.78, 5) is 3.68. The third kappa shape index (κ3) is 4.64. The summed E-state index contributed by atoms with van der Waals surface area (Å²) in [6.45, 7) is -0.613. The first kappa shape index (κ1) is 20.6. The fourth-order valence-electron chi connectivity index (χ4n) is 2.63. The number of allylic oxidation sites excluding steroid dienone is 2. The molecule has 3 rings (SSSR count). The molecule has 1 aliphatic rings. The summed E-state index contributed by atoms with van der Waals surface area (Å²) in [5.74, 6) is 0. The number of hydrogen-bond acceptors (Lipinski definition) is 5. The van der Waals surface area contributed by atoms with Crippen LogP contribution < -0.4 is 4.74 Å². The Bertz CT molecular complexity index is 993. The highest BCUT2D eigenvalue weighted by Crippen LogP contribution is 2.39. The quantitative estimate of drug-likeness (QED) is 0.607. The Morgan fingerprint density at radius 1 is 1.07 bits per heavy atom. The zero-order valence-corrected chi connectivity index (χ0v) is 14.3. The molecular formula is C18H11F6N3O2. The molecule has 1 aliphatic carbocycles. The molecule has 0 amide bonds. The monoisotopic (exact) mass is 415 g/mol. The molecule has 0 radical (unpaired) electrons. The second-order valence-electron chi connectivity index (χ2n) is 5.82. The van der Waals surface area contributed by atoms with E-state index < -0.39 is 47.3 Å². The van der Waals surface area contributed by atoms with Crippen molar-refractivity contribution < 1.29 is 36.2 Å². The molecule has 0 fully saturated rings. The van der Waals surface area contributed by atoms with Crippen molar-refractivity contribution in [1.82, 2.24) is 15.2 Å². The van der Waals surface area contributed by atoms with E-state index in [4.69, 9.17) is 4.74 Å². The van der Waals surface area contributed by atoms with Crippen molar-refractivity contribution in [2.24, 2.45) is 0 Å². The van der Waals surface area contributed by atoms with E-state index in [0.29, 0.717) is 12.2 Å². The van der Waals surface area contributed by atoms with E-state index in [1.807, 2.05) is 5.73 Å². The van der Waals surface area contributed by atoms with Gasteiger partial charge in [-0.2, -0.15) is 31.4 Å². The number of rotatable bonds is 4. The average Bonchev–Trinajstić information content (AvgIpc) is 2.86. The lowest BCUT2D eigenvalue weighted by Gasteiger charge is -2.19. The zero-order valence-electron chi connectivity index (χ0n) is 14.3. The highest BCUT2D eigenvalue weighted by atomic mass is 19.4. The number of aliphatic hydroxyl groups excluding tert-OH is 1. The van der Waals surface area contributed by atoms with Crippen LogP contribution in [0.15, 0.2) is 48.0 Å². The van der Waals surface area contributed by atoms with Gasteiger partial charge in [-0.15, -0.1) is 5.73 Å². The standard InChI is InChI=1S/C18H11F6N3O2/c19-17(20,21)10-4-5-12-11(2-1-3-14(12)18(22,23)24)13(8-10)15(28)9-29-16-25-6-7-26-27-16/h1-3,5-8,15,28H,9H2. The molecule has 1 unspecified atom stereocenters. The van der Waals surface area contributed by atoms with Crippen LogP contribution >= 0.6 is 0 Å². The molecule has 0 spiro atoms. The Morgan fingerprint density at radius 3 is 2.45 bits per heavy atom. The number of hydrogen-bond donors (Lipinski definition) is 1. The van der Waals surface area contributed by atoms with Gasteiger partial charge in [-0.1, -0.05) is 17.2 Å². The van der Waals surface area contributed by atoms with Gasteiger partial charge >= 0.3 is 18.4 Å². The molecule has 0 saturated heterocycles. The number of nitrogens with zero attached hydrogens (tertiary/aromatic N) is 3. The fraction of sp³-hybridized carbons (Fsp3) is 0.222. The second-order valence-corrected chi connectivity index (χ2v) is 5.82. The van der Waals surface area contributed by atoms with Gasteiger partial charge in [-0.05, 0) is 29.4 Å². The van der Waals surface area contributed by atoms with Crippen LogP contribution in [0.25, 0.3) is 11.6 Å². The van der Waals surface area contributed by atoms with Crippen LogP contribution in [0.1, 0.15) is 16.7 Å². The summed E-state index contributed by atoms with van der Waals surface area (Å²) in [7, 11) is 0. The lowest BCUT2D eigenvalue weighted by molar-refractivity contribution is -0.137. The Balaban J connectivity index is 2.06. The van der Waals surface area contributed by atoms with Crippen molar-refractivity contribution in [2.45, 2.75) is 18.5 Å². The predicted molar refractivity (Wildman–Crippen MR) is 88.3 cm³/mol. The van der Waals surface area contributed by atoms with Crippen molar-refractivity contribution in [3.05, 3.63) is 64.7 Å². The van der Waals surface area contributed by atoms with Crippen molar-refractivity contribution in [1.29, 1.82) is 0 Å². The van der Waals surface area contributed by atoms with Crippen LogP contribution in [0.3, 0.4) is 0 Å². The molecule has 1 aromatic heterocycles. The molecule has 2 aromatic rings. The number of fused-ring (bicyclic) bond motifs is 1. The van der Waals surface area contributed by atoms with Gasteiger partial charge in [0.1, 0.15) is 12.7 Å². The van der Waals surface area contributed by atoms with Crippen LogP contribution in [0, 0.1) is 0 Å². The number of benzene rings is 1. The third-order valence-corrected chi connectivity index (χ3v) is 3.89. The molecule has 1 aromatic carbocycles. The van der Waals surface area contributed by atoms with E-state index in [9.17, 15) is 31.4 Å². The third-order valence-electron chi connectivity index (χ3n) is 3.89. The molecule has 11 heteroatoms. The molecular weight excluding hydrogens is 404 g/mol. The number of aliphatic hydroxyl groups is 1. The van der Waals surface area contributed by atoms with Gasteiger partial charge in [-0.25, -0.2) is 4.98 Å². The average molecular weight is 415 g/mol. The van der Waals surface area contributed by atoms with Crippen molar-refractivity contribution >= 4 is 11.6 Å². The van der Waals surface area contributed by atoms with Crippen LogP contribution in [-0.2, 0) is 6.18 Å². The van der Waals surface area contributed by atoms with Gasteiger partial charge in [0.15, 0.2) is 0 Å². The van der Waals surface area contributed by atoms with E-state index in [1.54, 1.807) is 0 Å². The Kier molecular flexibility index (Phi) is 5.45. The van der Waals surface area contributed by atoms with Crippen LogP contribution in [0.4, 0.5) is 26.3 Å². The summed E-state index contributed by atoms with van der Waals surface area (Å²) in [6.07, 6.45) is -7.79. The topological polar surface area (TPSA) is 68.1 Å². The van der Waals surface area contributed by atoms with Crippen molar-refractivity contribution in [3.8, 4) is 6.01 Å². The molecule has 5 nitrogen and oxygen atoms in total. The maximum absolute atomic E-state index is 13.3. The smallest absolute Gasteiger partial charge is 0.423 e. The van der Waals surface area contributed by atoms with Gasteiger partial charge in [0.2, 0.25) is 0 Å². The van der Waals surface area contributed by atoms with Gasteiger partial charge in [0, 0.05) is 5.56 Å². The molecule has 0 saturated carbocycles. The predicted octanol–water partition coefficient (Wildman–Crippen LogP) is 3.83. The highest BCUT2D eigenvalue weighted by Gasteiger charge is 2.37. The minimum atomic E-state index is -4.89. The Morgan fingerprint density at radius 2 is 1.83 bits per heavy atom. The molecule has 0 bridgehead atoms. The summed E-state index contributed by atoms with van der Waals surface area (Å²) in [5.41, 5.74) is -1.82. The number of aromatic nitrogens is 3. The first-order valence-corrected chi connectivity index (χ1v) is 7.98. The minimum Gasteiger partial charge on any atom is -0.459 e. The summed E-state index contributed by atoms with van der Waals surface area (Å²) in [6, 6.07) is 2.70. The minimum absolute atomic E-state index is 0.227. The largest absolute Gasteiger partial charge is 0.459 e. The first-order chi connectivity index (χ1) is 13.6. The second kappa shape index (κ2) is 7.69.